The van der Waals surface area contributed by atoms with Crippen molar-refractivity contribution in [3.63, 3.8) is 0 Å². The fourth-order valence-electron chi connectivity index (χ4n) is 3.23. The second-order valence-corrected chi connectivity index (χ2v) is 7.96. The summed E-state index contributed by atoms with van der Waals surface area (Å²) in [7, 11) is -3.70. The van der Waals surface area contributed by atoms with Crippen LogP contribution in [0.2, 0.25) is 0 Å². The van der Waals surface area contributed by atoms with Crippen molar-refractivity contribution in [1.82, 2.24) is 0 Å². The molecule has 0 unspecified atom stereocenters. The van der Waals surface area contributed by atoms with Gasteiger partial charge in [-0.25, -0.2) is 13.6 Å². The molecule has 0 aromatic heterocycles. The van der Waals surface area contributed by atoms with Crippen molar-refractivity contribution >= 4 is 21.6 Å². The molecule has 0 aliphatic carbocycles. The Morgan fingerprint density at radius 2 is 1.77 bits per heavy atom. The number of sulfonamides is 1. The summed E-state index contributed by atoms with van der Waals surface area (Å²) in [5.41, 5.74) is 0.579. The van der Waals surface area contributed by atoms with Crippen LogP contribution in [0.5, 0.6) is 0 Å². The molecule has 6 nitrogen and oxygen atoms in total. The number of nitrogens with two attached hydrogens (primary N) is 1. The van der Waals surface area contributed by atoms with Gasteiger partial charge in [-0.3, -0.25) is 4.79 Å². The number of carbonyl (C=O) groups excluding carboxylic acids is 1. The summed E-state index contributed by atoms with van der Waals surface area (Å²) in [6, 6.07) is 5.88. The Morgan fingerprint density at radius 1 is 1.23 bits per heavy atom. The Balaban J connectivity index is 1.92. The molecule has 1 aromatic rings. The average molecular weight is 326 g/mol. The third kappa shape index (κ3) is 4.79. The SMILES string of the molecule is C[C@@H]1C[C@@H](C)C[NH+](CC(=O)Nc2ccc(S(N)(=O)=O)cc2)C1. The zero-order valence-corrected chi connectivity index (χ0v) is 13.8. The van der Waals surface area contributed by atoms with Crippen LogP contribution >= 0.6 is 0 Å². The first-order valence-corrected chi connectivity index (χ1v) is 9.05. The van der Waals surface area contributed by atoms with E-state index in [1.165, 1.54) is 23.5 Å². The van der Waals surface area contributed by atoms with E-state index in [4.69, 9.17) is 5.14 Å². The maximum Gasteiger partial charge on any atom is 0.279 e. The molecule has 4 N–H and O–H groups in total. The van der Waals surface area contributed by atoms with Gasteiger partial charge in [-0.05, 0) is 30.7 Å². The van der Waals surface area contributed by atoms with Crippen molar-refractivity contribution in [1.29, 1.82) is 0 Å². The number of primary sulfonamides is 1. The predicted molar refractivity (Wildman–Crippen MR) is 85.0 cm³/mol. The Hall–Kier alpha value is -1.44. The molecule has 0 saturated carbocycles. The predicted octanol–water partition coefficient (Wildman–Crippen LogP) is -0.167. The molecule has 0 spiro atoms. The normalized spacial score (nSPS) is 25.7. The topological polar surface area (TPSA) is 93.7 Å². The van der Waals surface area contributed by atoms with Crippen molar-refractivity contribution < 1.29 is 18.1 Å². The van der Waals surface area contributed by atoms with E-state index in [-0.39, 0.29) is 10.8 Å². The lowest BCUT2D eigenvalue weighted by Crippen LogP contribution is -3.15. The summed E-state index contributed by atoms with van der Waals surface area (Å²) in [4.78, 5) is 13.4. The lowest BCUT2D eigenvalue weighted by atomic mass is 9.92. The van der Waals surface area contributed by atoms with Crippen molar-refractivity contribution in [2.24, 2.45) is 17.0 Å². The first-order chi connectivity index (χ1) is 10.2. The van der Waals surface area contributed by atoms with Crippen LogP contribution in [0.25, 0.3) is 0 Å². The standard InChI is InChI=1S/C15H23N3O3S/c1-11-7-12(2)9-18(8-11)10-15(19)17-13-3-5-14(6-4-13)22(16,20)21/h3-6,11-12H,7-10H2,1-2H3,(H,17,19)(H2,16,20,21)/p+1/t11-,12-/m1/s1. The summed E-state index contributed by atoms with van der Waals surface area (Å²) >= 11 is 0. The first kappa shape index (κ1) is 16.9. The van der Waals surface area contributed by atoms with Crippen molar-refractivity contribution in [3.8, 4) is 0 Å². The number of rotatable bonds is 4. The molecule has 22 heavy (non-hydrogen) atoms. The van der Waals surface area contributed by atoms with E-state index in [0.717, 1.165) is 13.1 Å². The molecule has 1 heterocycles. The monoisotopic (exact) mass is 326 g/mol. The third-order valence-electron chi connectivity index (χ3n) is 3.96. The Labute approximate surface area is 131 Å². The number of piperidine rings is 1. The van der Waals surface area contributed by atoms with Gasteiger partial charge in [0, 0.05) is 17.5 Å². The number of anilines is 1. The van der Waals surface area contributed by atoms with Gasteiger partial charge in [0.1, 0.15) is 0 Å². The smallest absolute Gasteiger partial charge is 0.279 e. The molecule has 2 rings (SSSR count). The second-order valence-electron chi connectivity index (χ2n) is 6.40. The number of likely N-dealkylation sites (tertiary alicyclic amines) is 1. The third-order valence-corrected chi connectivity index (χ3v) is 4.89. The van der Waals surface area contributed by atoms with Gasteiger partial charge in [-0.15, -0.1) is 0 Å². The highest BCUT2D eigenvalue weighted by molar-refractivity contribution is 7.89. The van der Waals surface area contributed by atoms with E-state index in [2.05, 4.69) is 19.2 Å². The Kier molecular flexibility index (Phi) is 5.20. The Morgan fingerprint density at radius 3 is 2.27 bits per heavy atom. The van der Waals surface area contributed by atoms with E-state index in [1.54, 1.807) is 12.1 Å². The van der Waals surface area contributed by atoms with E-state index < -0.39 is 10.0 Å². The number of nitrogens with one attached hydrogen (secondary N) is 2. The van der Waals surface area contributed by atoms with Crippen LogP contribution in [0, 0.1) is 11.8 Å². The van der Waals surface area contributed by atoms with Gasteiger partial charge in [0.05, 0.1) is 18.0 Å². The number of carbonyl (C=O) groups is 1. The highest BCUT2D eigenvalue weighted by Crippen LogP contribution is 2.13. The van der Waals surface area contributed by atoms with Gasteiger partial charge in [0.25, 0.3) is 5.91 Å². The molecule has 1 saturated heterocycles. The minimum atomic E-state index is -3.70. The number of hydrogen-bond donors (Lipinski definition) is 3. The highest BCUT2D eigenvalue weighted by Gasteiger charge is 2.26. The van der Waals surface area contributed by atoms with E-state index >= 15 is 0 Å². The first-order valence-electron chi connectivity index (χ1n) is 7.50. The molecular formula is C15H24N3O3S+. The quantitative estimate of drug-likeness (QED) is 0.717. The van der Waals surface area contributed by atoms with Crippen LogP contribution < -0.4 is 15.4 Å². The van der Waals surface area contributed by atoms with Gasteiger partial charge in [-0.1, -0.05) is 13.8 Å². The van der Waals surface area contributed by atoms with E-state index in [0.29, 0.717) is 24.1 Å². The molecule has 1 aromatic carbocycles. The molecule has 7 heteroatoms. The second kappa shape index (κ2) is 6.76. The van der Waals surface area contributed by atoms with E-state index in [1.807, 2.05) is 0 Å². The van der Waals surface area contributed by atoms with Gasteiger partial charge in [0.15, 0.2) is 6.54 Å². The van der Waals surface area contributed by atoms with E-state index in [9.17, 15) is 13.2 Å². The molecule has 1 aliphatic rings. The Bertz CT molecular complexity index is 618. The van der Waals surface area contributed by atoms with Crippen LogP contribution in [0.3, 0.4) is 0 Å². The molecule has 0 radical (unpaired) electrons. The molecule has 2 atom stereocenters. The minimum absolute atomic E-state index is 0.0369. The molecule has 1 fully saturated rings. The minimum Gasteiger partial charge on any atom is -0.327 e. The summed E-state index contributed by atoms with van der Waals surface area (Å²) in [5, 5.41) is 7.84. The summed E-state index contributed by atoms with van der Waals surface area (Å²) in [6.45, 7) is 6.91. The number of amides is 1. The molecule has 122 valence electrons. The van der Waals surface area contributed by atoms with Crippen LogP contribution in [0.15, 0.2) is 29.2 Å². The number of benzene rings is 1. The van der Waals surface area contributed by atoms with Crippen LogP contribution in [-0.2, 0) is 14.8 Å². The zero-order chi connectivity index (χ0) is 16.3. The number of hydrogen-bond acceptors (Lipinski definition) is 3. The fraction of sp³-hybridized carbons (Fsp3) is 0.533. The molecule has 1 amide bonds. The molecule has 0 bridgehead atoms. The van der Waals surface area contributed by atoms with Crippen molar-refractivity contribution in [2.75, 3.05) is 25.0 Å². The molecular weight excluding hydrogens is 302 g/mol. The van der Waals surface area contributed by atoms with Gasteiger partial charge in [-0.2, -0.15) is 0 Å². The van der Waals surface area contributed by atoms with Crippen LogP contribution in [-0.4, -0.2) is 34.0 Å². The maximum atomic E-state index is 12.1. The summed E-state index contributed by atoms with van der Waals surface area (Å²) in [5.74, 6) is 1.22. The highest BCUT2D eigenvalue weighted by atomic mass is 32.2. The van der Waals surface area contributed by atoms with Gasteiger partial charge < -0.3 is 10.2 Å². The average Bonchev–Trinajstić information content (AvgIpc) is 2.36. The van der Waals surface area contributed by atoms with Crippen LogP contribution in [0.4, 0.5) is 5.69 Å². The maximum absolute atomic E-state index is 12.1. The van der Waals surface area contributed by atoms with Gasteiger partial charge in [0.2, 0.25) is 10.0 Å². The lowest BCUT2D eigenvalue weighted by Gasteiger charge is -2.31. The van der Waals surface area contributed by atoms with Crippen molar-refractivity contribution in [3.05, 3.63) is 24.3 Å². The van der Waals surface area contributed by atoms with Crippen molar-refractivity contribution in [2.45, 2.75) is 25.2 Å². The molecule has 1 aliphatic heterocycles. The largest absolute Gasteiger partial charge is 0.327 e. The van der Waals surface area contributed by atoms with Crippen LogP contribution in [0.1, 0.15) is 20.3 Å². The summed E-state index contributed by atoms with van der Waals surface area (Å²) < 4.78 is 22.4. The summed E-state index contributed by atoms with van der Waals surface area (Å²) in [6.07, 6.45) is 1.22. The fourth-order valence-corrected chi connectivity index (χ4v) is 3.74. The lowest BCUT2D eigenvalue weighted by molar-refractivity contribution is -0.904. The van der Waals surface area contributed by atoms with Gasteiger partial charge >= 0.3 is 0 Å². The number of quaternary nitrogens is 1. The zero-order valence-electron chi connectivity index (χ0n) is 13.0.